The van der Waals surface area contributed by atoms with Gasteiger partial charge in [0.1, 0.15) is 0 Å². The summed E-state index contributed by atoms with van der Waals surface area (Å²) in [6.07, 6.45) is 14.1. The largest absolute Gasteiger partial charge is 0.466 e. The van der Waals surface area contributed by atoms with Crippen molar-refractivity contribution >= 4 is 5.97 Å². The Morgan fingerprint density at radius 1 is 1.04 bits per heavy atom. The first-order valence-corrected chi connectivity index (χ1v) is 9.25. The maximum atomic E-state index is 11.0. The van der Waals surface area contributed by atoms with E-state index in [0.717, 1.165) is 12.8 Å². The normalized spacial score (nSPS) is 12.5. The van der Waals surface area contributed by atoms with Gasteiger partial charge in [-0.05, 0) is 36.8 Å². The fraction of sp³-hybridized carbons (Fsp3) is 0.571. The molecule has 0 amide bonds. The number of carbonyl (C=O) groups excluding carboxylic acids is 1. The Balaban J connectivity index is 2.24. The quantitative estimate of drug-likeness (QED) is 0.346. The molecule has 0 aliphatic heterocycles. The van der Waals surface area contributed by atoms with E-state index in [0.29, 0.717) is 0 Å². The molecule has 134 valence electrons. The Kier molecular flexibility index (Phi) is 10.9. The van der Waals surface area contributed by atoms with Crippen LogP contribution in [0, 0.1) is 0 Å². The number of unbranched alkanes of at least 4 members (excludes halogenated alkanes) is 5. The first kappa shape index (κ1) is 20.4. The third-order valence-electron chi connectivity index (χ3n) is 4.29. The Morgan fingerprint density at radius 3 is 2.25 bits per heavy atom. The topological polar surface area (TPSA) is 52.3 Å². The fourth-order valence-electron chi connectivity index (χ4n) is 2.68. The second kappa shape index (κ2) is 12.8. The Hall–Kier alpha value is -1.61. The van der Waals surface area contributed by atoms with E-state index in [1.165, 1.54) is 69.3 Å². The monoisotopic (exact) mass is 331 g/mol. The van der Waals surface area contributed by atoms with Gasteiger partial charge < -0.3 is 10.5 Å². The van der Waals surface area contributed by atoms with Crippen molar-refractivity contribution in [2.45, 2.75) is 70.8 Å². The summed E-state index contributed by atoms with van der Waals surface area (Å²) < 4.78 is 4.55. The summed E-state index contributed by atoms with van der Waals surface area (Å²) in [6.45, 7) is 2.25. The predicted molar refractivity (Wildman–Crippen MR) is 101 cm³/mol. The SMILES string of the molecule is CCCCCCCCc1ccc(CCC(N)C=CC(=O)OC)cc1. The lowest BCUT2D eigenvalue weighted by Gasteiger charge is -2.08. The van der Waals surface area contributed by atoms with Crippen molar-refractivity contribution in [3.05, 3.63) is 47.5 Å². The molecular formula is C21H33NO2. The highest BCUT2D eigenvalue weighted by Gasteiger charge is 2.02. The number of benzene rings is 1. The average molecular weight is 332 g/mol. The molecule has 0 saturated heterocycles. The molecule has 1 aromatic carbocycles. The van der Waals surface area contributed by atoms with Gasteiger partial charge in [-0.3, -0.25) is 0 Å². The molecule has 0 saturated carbocycles. The van der Waals surface area contributed by atoms with Crippen molar-refractivity contribution in [3.63, 3.8) is 0 Å². The summed E-state index contributed by atoms with van der Waals surface area (Å²) in [4.78, 5) is 11.0. The van der Waals surface area contributed by atoms with Crippen LogP contribution in [0.15, 0.2) is 36.4 Å². The summed E-state index contributed by atoms with van der Waals surface area (Å²) in [5.74, 6) is -0.357. The van der Waals surface area contributed by atoms with Crippen LogP contribution < -0.4 is 5.73 Å². The first-order chi connectivity index (χ1) is 11.7. The van der Waals surface area contributed by atoms with Crippen LogP contribution in [0.1, 0.15) is 63.0 Å². The predicted octanol–water partition coefficient (Wildman–Crippen LogP) is 4.58. The van der Waals surface area contributed by atoms with Gasteiger partial charge in [-0.2, -0.15) is 0 Å². The Bertz CT molecular complexity index is 479. The van der Waals surface area contributed by atoms with E-state index in [4.69, 9.17) is 5.73 Å². The zero-order chi connectivity index (χ0) is 17.6. The third kappa shape index (κ3) is 9.51. The van der Waals surface area contributed by atoms with Crippen LogP contribution in [0.2, 0.25) is 0 Å². The van der Waals surface area contributed by atoms with Gasteiger partial charge in [0, 0.05) is 12.1 Å². The highest BCUT2D eigenvalue weighted by Crippen LogP contribution is 2.12. The van der Waals surface area contributed by atoms with Crippen molar-refractivity contribution in [1.29, 1.82) is 0 Å². The van der Waals surface area contributed by atoms with Crippen molar-refractivity contribution in [2.75, 3.05) is 7.11 Å². The number of carbonyl (C=O) groups is 1. The molecule has 0 fully saturated rings. The van der Waals surface area contributed by atoms with Crippen LogP contribution in [-0.4, -0.2) is 19.1 Å². The first-order valence-electron chi connectivity index (χ1n) is 9.25. The van der Waals surface area contributed by atoms with Crippen molar-refractivity contribution < 1.29 is 9.53 Å². The van der Waals surface area contributed by atoms with Gasteiger partial charge in [0.2, 0.25) is 0 Å². The van der Waals surface area contributed by atoms with E-state index in [-0.39, 0.29) is 12.0 Å². The number of rotatable bonds is 12. The minimum Gasteiger partial charge on any atom is -0.466 e. The van der Waals surface area contributed by atoms with E-state index in [1.54, 1.807) is 6.08 Å². The molecule has 24 heavy (non-hydrogen) atoms. The van der Waals surface area contributed by atoms with Crippen LogP contribution >= 0.6 is 0 Å². The number of ether oxygens (including phenoxy) is 1. The van der Waals surface area contributed by atoms with E-state index in [2.05, 4.69) is 35.9 Å². The summed E-state index contributed by atoms with van der Waals surface area (Å²) >= 11 is 0. The zero-order valence-electron chi connectivity index (χ0n) is 15.3. The fourth-order valence-corrected chi connectivity index (χ4v) is 2.68. The van der Waals surface area contributed by atoms with Gasteiger partial charge in [0.15, 0.2) is 0 Å². The number of hydrogen-bond acceptors (Lipinski definition) is 3. The number of methoxy groups -OCH3 is 1. The van der Waals surface area contributed by atoms with Crippen molar-refractivity contribution in [3.8, 4) is 0 Å². The van der Waals surface area contributed by atoms with Crippen LogP contribution in [-0.2, 0) is 22.4 Å². The maximum absolute atomic E-state index is 11.0. The summed E-state index contributed by atoms with van der Waals surface area (Å²) in [5.41, 5.74) is 8.69. The lowest BCUT2D eigenvalue weighted by Crippen LogP contribution is -2.18. The molecule has 0 heterocycles. The molecule has 1 unspecified atom stereocenters. The van der Waals surface area contributed by atoms with E-state index >= 15 is 0 Å². The van der Waals surface area contributed by atoms with Crippen LogP contribution in [0.5, 0.6) is 0 Å². The number of hydrogen-bond donors (Lipinski definition) is 1. The van der Waals surface area contributed by atoms with Crippen molar-refractivity contribution in [2.24, 2.45) is 5.73 Å². The van der Waals surface area contributed by atoms with Gasteiger partial charge >= 0.3 is 5.97 Å². The van der Waals surface area contributed by atoms with Gasteiger partial charge in [0.25, 0.3) is 0 Å². The van der Waals surface area contributed by atoms with Crippen LogP contribution in [0.3, 0.4) is 0 Å². The van der Waals surface area contributed by atoms with E-state index in [1.807, 2.05) is 0 Å². The van der Waals surface area contributed by atoms with Crippen LogP contribution in [0.25, 0.3) is 0 Å². The molecule has 1 aromatic rings. The minimum absolute atomic E-state index is 0.119. The highest BCUT2D eigenvalue weighted by molar-refractivity contribution is 5.81. The van der Waals surface area contributed by atoms with E-state index in [9.17, 15) is 4.79 Å². The second-order valence-electron chi connectivity index (χ2n) is 6.42. The molecule has 0 aliphatic rings. The Morgan fingerprint density at radius 2 is 1.62 bits per heavy atom. The van der Waals surface area contributed by atoms with Gasteiger partial charge in [-0.15, -0.1) is 0 Å². The molecule has 1 rings (SSSR count). The summed E-state index contributed by atoms with van der Waals surface area (Å²) in [5, 5.41) is 0. The second-order valence-corrected chi connectivity index (χ2v) is 6.42. The van der Waals surface area contributed by atoms with Crippen molar-refractivity contribution in [1.82, 2.24) is 0 Å². The highest BCUT2D eigenvalue weighted by atomic mass is 16.5. The van der Waals surface area contributed by atoms with Crippen LogP contribution in [0.4, 0.5) is 0 Å². The summed E-state index contributed by atoms with van der Waals surface area (Å²) in [6, 6.07) is 8.74. The molecule has 2 N–H and O–H groups in total. The molecule has 3 nitrogen and oxygen atoms in total. The molecular weight excluding hydrogens is 298 g/mol. The average Bonchev–Trinajstić information content (AvgIpc) is 2.61. The Labute approximate surface area is 147 Å². The molecule has 0 aliphatic carbocycles. The molecule has 0 bridgehead atoms. The summed E-state index contributed by atoms with van der Waals surface area (Å²) in [7, 11) is 1.37. The number of esters is 1. The van der Waals surface area contributed by atoms with E-state index < -0.39 is 0 Å². The lowest BCUT2D eigenvalue weighted by atomic mass is 10.0. The molecule has 0 aromatic heterocycles. The molecule has 3 heteroatoms. The van der Waals surface area contributed by atoms with Gasteiger partial charge in [-0.1, -0.05) is 69.4 Å². The van der Waals surface area contributed by atoms with Gasteiger partial charge in [-0.25, -0.2) is 4.79 Å². The smallest absolute Gasteiger partial charge is 0.330 e. The minimum atomic E-state index is -0.357. The molecule has 0 spiro atoms. The third-order valence-corrected chi connectivity index (χ3v) is 4.29. The standard InChI is InChI=1S/C21H33NO2/c1-3-4-5-6-7-8-9-18-10-12-19(13-11-18)14-15-20(22)16-17-21(23)24-2/h10-13,16-17,20H,3-9,14-15,22H2,1-2H3. The zero-order valence-corrected chi connectivity index (χ0v) is 15.3. The lowest BCUT2D eigenvalue weighted by molar-refractivity contribution is -0.134. The molecule has 1 atom stereocenters. The molecule has 0 radical (unpaired) electrons. The number of nitrogens with two attached hydrogens (primary N) is 1. The van der Waals surface area contributed by atoms with Gasteiger partial charge in [0.05, 0.1) is 7.11 Å². The number of aryl methyl sites for hydroxylation is 2. The maximum Gasteiger partial charge on any atom is 0.330 e.